The average Bonchev–Trinajstić information content (AvgIpc) is 3.20. The molecule has 0 bridgehead atoms. The van der Waals surface area contributed by atoms with Crippen LogP contribution < -0.4 is 10.2 Å². The van der Waals surface area contributed by atoms with Crippen molar-refractivity contribution < 1.29 is 9.63 Å². The predicted octanol–water partition coefficient (Wildman–Crippen LogP) is 4.28. The number of β-amino-alcohol motifs (C(OH)–C–C–N with tert-alkyl or cyclic N) is 1. The number of piperazine rings is 1. The van der Waals surface area contributed by atoms with E-state index in [1.807, 2.05) is 38.1 Å². The lowest BCUT2D eigenvalue weighted by atomic mass is 10.0. The van der Waals surface area contributed by atoms with Crippen molar-refractivity contribution in [2.24, 2.45) is 0 Å². The van der Waals surface area contributed by atoms with E-state index in [0.717, 1.165) is 71.0 Å². The molecule has 0 amide bonds. The molecule has 0 aliphatic carbocycles. The Morgan fingerprint density at radius 1 is 1.06 bits per heavy atom. The van der Waals surface area contributed by atoms with Crippen molar-refractivity contribution in [3.8, 4) is 11.1 Å². The number of benzene rings is 2. The molecule has 2 N–H and O–H groups in total. The van der Waals surface area contributed by atoms with E-state index in [-0.39, 0.29) is 6.61 Å². The fraction of sp³-hybridized carbons (Fsp3) is 0.346. The summed E-state index contributed by atoms with van der Waals surface area (Å²) in [7, 11) is 0. The largest absolute Gasteiger partial charge is 0.395 e. The smallest absolute Gasteiger partial charge is 0.227 e. The molecule has 0 radical (unpaired) electrons. The molecule has 1 saturated heterocycles. The third-order valence-electron chi connectivity index (χ3n) is 6.43. The van der Waals surface area contributed by atoms with Gasteiger partial charge in [-0.15, -0.1) is 0 Å². The van der Waals surface area contributed by atoms with E-state index in [2.05, 4.69) is 38.5 Å². The molecule has 4 aromatic rings. The fourth-order valence-electron chi connectivity index (χ4n) is 4.59. The fourth-order valence-corrected chi connectivity index (χ4v) is 4.80. The maximum Gasteiger partial charge on any atom is 0.227 e. The predicted molar refractivity (Wildman–Crippen MR) is 139 cm³/mol. The maximum atomic E-state index is 9.26. The molecule has 8 nitrogen and oxygen atoms in total. The van der Waals surface area contributed by atoms with Crippen LogP contribution in [0, 0.1) is 13.8 Å². The number of nitrogens with zero attached hydrogens (tertiary/aromatic N) is 5. The Labute approximate surface area is 209 Å². The number of aliphatic hydroxyl groups excluding tert-OH is 1. The number of anilines is 2. The number of hydrogen-bond donors (Lipinski definition) is 2. The first-order valence-electron chi connectivity index (χ1n) is 11.8. The summed E-state index contributed by atoms with van der Waals surface area (Å²) in [6.07, 6.45) is 0. The highest BCUT2D eigenvalue weighted by Gasteiger charge is 2.21. The van der Waals surface area contributed by atoms with Crippen LogP contribution in [0.3, 0.4) is 0 Å². The lowest BCUT2D eigenvalue weighted by Crippen LogP contribution is -2.47. The van der Waals surface area contributed by atoms with Crippen molar-refractivity contribution in [1.82, 2.24) is 20.0 Å². The number of aromatic nitrogens is 3. The number of aryl methyl sites for hydroxylation is 2. The zero-order valence-corrected chi connectivity index (χ0v) is 20.7. The van der Waals surface area contributed by atoms with Gasteiger partial charge in [0.15, 0.2) is 0 Å². The lowest BCUT2D eigenvalue weighted by Gasteiger charge is -2.34. The quantitative estimate of drug-likeness (QED) is 0.395. The van der Waals surface area contributed by atoms with Gasteiger partial charge in [0.05, 0.1) is 17.8 Å². The molecule has 182 valence electrons. The Kier molecular flexibility index (Phi) is 6.86. The van der Waals surface area contributed by atoms with E-state index >= 15 is 0 Å². The molecule has 1 aliphatic heterocycles. The normalized spacial score (nSPS) is 14.6. The van der Waals surface area contributed by atoms with E-state index < -0.39 is 0 Å². The van der Waals surface area contributed by atoms with Crippen LogP contribution in [-0.2, 0) is 6.54 Å². The van der Waals surface area contributed by atoms with Crippen LogP contribution in [0.4, 0.5) is 11.8 Å². The number of aliphatic hydroxyl groups is 1. The van der Waals surface area contributed by atoms with Crippen molar-refractivity contribution in [2.75, 3.05) is 49.5 Å². The molecule has 2 aromatic carbocycles. The topological polar surface area (TPSA) is 90.6 Å². The number of fused-ring (bicyclic) bond motifs is 1. The Bertz CT molecular complexity index is 1310. The van der Waals surface area contributed by atoms with E-state index in [4.69, 9.17) is 26.1 Å². The van der Waals surface area contributed by atoms with Crippen LogP contribution in [-0.4, -0.2) is 64.5 Å². The van der Waals surface area contributed by atoms with Gasteiger partial charge in [-0.05, 0) is 49.2 Å². The van der Waals surface area contributed by atoms with Gasteiger partial charge in [-0.25, -0.2) is 4.98 Å². The van der Waals surface area contributed by atoms with Crippen molar-refractivity contribution in [1.29, 1.82) is 0 Å². The standard InChI is InChI=1S/C26H29ClN6O2/c1-17-24(18(2)35-31-17)20-6-7-22-23(15-20)29-26(33-10-8-32(9-11-33)12-13-34)30-25(22)28-16-19-4-3-5-21(27)14-19/h3-7,14-15,34H,8-13,16H2,1-2H3,(H,28,29,30). The summed E-state index contributed by atoms with van der Waals surface area (Å²) >= 11 is 6.18. The van der Waals surface area contributed by atoms with Gasteiger partial charge in [-0.1, -0.05) is 35.0 Å². The first-order chi connectivity index (χ1) is 17.0. The highest BCUT2D eigenvalue weighted by atomic mass is 35.5. The molecule has 35 heavy (non-hydrogen) atoms. The van der Waals surface area contributed by atoms with E-state index in [0.29, 0.717) is 24.1 Å². The maximum absolute atomic E-state index is 9.26. The summed E-state index contributed by atoms with van der Waals surface area (Å²) in [5.41, 5.74) is 4.81. The summed E-state index contributed by atoms with van der Waals surface area (Å²) < 4.78 is 5.39. The summed E-state index contributed by atoms with van der Waals surface area (Å²) in [6, 6.07) is 14.0. The molecular formula is C26H29ClN6O2. The Morgan fingerprint density at radius 3 is 2.60 bits per heavy atom. The lowest BCUT2D eigenvalue weighted by molar-refractivity contribution is 0.188. The molecule has 5 rings (SSSR count). The molecule has 2 aromatic heterocycles. The molecule has 1 fully saturated rings. The third kappa shape index (κ3) is 5.10. The Morgan fingerprint density at radius 2 is 1.89 bits per heavy atom. The van der Waals surface area contributed by atoms with Gasteiger partial charge in [0.1, 0.15) is 11.6 Å². The van der Waals surface area contributed by atoms with Gasteiger partial charge in [0.25, 0.3) is 0 Å². The van der Waals surface area contributed by atoms with E-state index in [9.17, 15) is 5.11 Å². The van der Waals surface area contributed by atoms with Crippen LogP contribution in [0.5, 0.6) is 0 Å². The molecule has 3 heterocycles. The zero-order chi connectivity index (χ0) is 24.4. The van der Waals surface area contributed by atoms with Crippen molar-refractivity contribution >= 4 is 34.3 Å². The number of halogens is 1. The molecule has 0 saturated carbocycles. The van der Waals surface area contributed by atoms with Crippen molar-refractivity contribution in [3.05, 3.63) is 64.5 Å². The second-order valence-electron chi connectivity index (χ2n) is 8.84. The van der Waals surface area contributed by atoms with Crippen LogP contribution in [0.25, 0.3) is 22.0 Å². The van der Waals surface area contributed by atoms with Gasteiger partial charge in [0.2, 0.25) is 5.95 Å². The minimum atomic E-state index is 0.175. The minimum absolute atomic E-state index is 0.175. The van der Waals surface area contributed by atoms with Gasteiger partial charge in [-0.2, -0.15) is 4.98 Å². The van der Waals surface area contributed by atoms with Gasteiger partial charge in [0, 0.05) is 55.2 Å². The highest BCUT2D eigenvalue weighted by Crippen LogP contribution is 2.32. The van der Waals surface area contributed by atoms with Crippen molar-refractivity contribution in [2.45, 2.75) is 20.4 Å². The molecule has 0 unspecified atom stereocenters. The van der Waals surface area contributed by atoms with E-state index in [1.54, 1.807) is 0 Å². The van der Waals surface area contributed by atoms with Crippen molar-refractivity contribution in [3.63, 3.8) is 0 Å². The molecule has 0 atom stereocenters. The first-order valence-corrected chi connectivity index (χ1v) is 12.2. The Balaban J connectivity index is 1.51. The van der Waals surface area contributed by atoms with Gasteiger partial charge >= 0.3 is 0 Å². The highest BCUT2D eigenvalue weighted by molar-refractivity contribution is 6.30. The third-order valence-corrected chi connectivity index (χ3v) is 6.66. The molecular weight excluding hydrogens is 464 g/mol. The van der Waals surface area contributed by atoms with Gasteiger partial charge < -0.3 is 19.8 Å². The Hall–Kier alpha value is -3.20. The number of rotatable bonds is 7. The second kappa shape index (κ2) is 10.2. The molecule has 1 aliphatic rings. The number of hydrogen-bond acceptors (Lipinski definition) is 8. The SMILES string of the molecule is Cc1noc(C)c1-c1ccc2c(NCc3cccc(Cl)c3)nc(N3CCN(CCO)CC3)nc2c1. The van der Waals surface area contributed by atoms with Crippen LogP contribution >= 0.6 is 11.6 Å². The van der Waals surface area contributed by atoms with Crippen LogP contribution in [0.2, 0.25) is 5.02 Å². The first kappa shape index (κ1) is 23.5. The van der Waals surface area contributed by atoms with Crippen LogP contribution in [0.1, 0.15) is 17.0 Å². The molecule has 0 spiro atoms. The summed E-state index contributed by atoms with van der Waals surface area (Å²) in [5, 5.41) is 18.5. The summed E-state index contributed by atoms with van der Waals surface area (Å²) in [5.74, 6) is 2.27. The van der Waals surface area contributed by atoms with E-state index in [1.165, 1.54) is 0 Å². The summed E-state index contributed by atoms with van der Waals surface area (Å²) in [4.78, 5) is 14.4. The minimum Gasteiger partial charge on any atom is -0.395 e. The number of nitrogens with one attached hydrogen (secondary N) is 1. The molecule has 9 heteroatoms. The average molecular weight is 493 g/mol. The van der Waals surface area contributed by atoms with Crippen LogP contribution in [0.15, 0.2) is 47.0 Å². The monoisotopic (exact) mass is 492 g/mol. The van der Waals surface area contributed by atoms with Gasteiger partial charge in [-0.3, -0.25) is 4.90 Å². The second-order valence-corrected chi connectivity index (χ2v) is 9.28. The zero-order valence-electron chi connectivity index (χ0n) is 20.0. The summed E-state index contributed by atoms with van der Waals surface area (Å²) in [6.45, 7) is 8.69.